The normalized spacial score (nSPS) is 17.2. The van der Waals surface area contributed by atoms with E-state index in [2.05, 4.69) is 10.4 Å². The van der Waals surface area contributed by atoms with E-state index in [0.29, 0.717) is 36.6 Å². The SMILES string of the molecule is O=C(Nc1ccn(-c2ccccc2)n1)C1CCN(S(=O)(=O)c2ccc3c(c2)CCC3)CC1. The number of carbonyl (C=O) groups is 1. The highest BCUT2D eigenvalue weighted by Gasteiger charge is 2.32. The van der Waals surface area contributed by atoms with Crippen molar-refractivity contribution in [2.45, 2.75) is 37.0 Å². The molecule has 7 nitrogen and oxygen atoms in total. The molecule has 0 bridgehead atoms. The monoisotopic (exact) mass is 450 g/mol. The number of fused-ring (bicyclic) bond motifs is 1. The van der Waals surface area contributed by atoms with E-state index in [1.54, 1.807) is 23.0 Å². The van der Waals surface area contributed by atoms with Crippen molar-refractivity contribution in [3.63, 3.8) is 0 Å². The van der Waals surface area contributed by atoms with E-state index >= 15 is 0 Å². The van der Waals surface area contributed by atoms with Crippen molar-refractivity contribution in [3.05, 3.63) is 71.9 Å². The molecule has 2 aliphatic rings. The first kappa shape index (κ1) is 20.9. The number of benzene rings is 2. The summed E-state index contributed by atoms with van der Waals surface area (Å²) < 4.78 is 29.4. The first-order valence-electron chi connectivity index (χ1n) is 11.0. The first-order chi connectivity index (χ1) is 15.5. The van der Waals surface area contributed by atoms with Gasteiger partial charge in [-0.2, -0.15) is 9.40 Å². The minimum Gasteiger partial charge on any atom is -0.309 e. The number of aromatic nitrogens is 2. The Balaban J connectivity index is 1.20. The molecule has 32 heavy (non-hydrogen) atoms. The Labute approximate surface area is 188 Å². The van der Waals surface area contributed by atoms with Gasteiger partial charge < -0.3 is 5.32 Å². The summed E-state index contributed by atoms with van der Waals surface area (Å²) in [6.45, 7) is 0.686. The van der Waals surface area contributed by atoms with E-state index in [-0.39, 0.29) is 11.8 Å². The fourth-order valence-corrected chi connectivity index (χ4v) is 6.08. The summed E-state index contributed by atoms with van der Waals surface area (Å²) in [7, 11) is -3.53. The summed E-state index contributed by atoms with van der Waals surface area (Å²) >= 11 is 0. The van der Waals surface area contributed by atoms with Crippen molar-refractivity contribution in [2.75, 3.05) is 18.4 Å². The maximum Gasteiger partial charge on any atom is 0.243 e. The predicted octanol–water partition coefficient (Wildman–Crippen LogP) is 3.40. The molecule has 0 atom stereocenters. The van der Waals surface area contributed by atoms with Gasteiger partial charge in [0.1, 0.15) is 0 Å². The van der Waals surface area contributed by atoms with Crippen molar-refractivity contribution in [1.29, 1.82) is 0 Å². The lowest BCUT2D eigenvalue weighted by Crippen LogP contribution is -2.41. The number of para-hydroxylation sites is 1. The van der Waals surface area contributed by atoms with Crippen LogP contribution in [-0.4, -0.2) is 41.5 Å². The third kappa shape index (κ3) is 4.08. The van der Waals surface area contributed by atoms with Crippen LogP contribution in [0.25, 0.3) is 5.69 Å². The Bertz CT molecular complexity index is 1230. The number of nitrogens with one attached hydrogen (secondary N) is 1. The van der Waals surface area contributed by atoms with Crippen LogP contribution >= 0.6 is 0 Å². The van der Waals surface area contributed by atoms with Crippen molar-refractivity contribution in [2.24, 2.45) is 5.92 Å². The molecular formula is C24H26N4O3S. The van der Waals surface area contributed by atoms with Gasteiger partial charge in [0, 0.05) is 31.3 Å². The number of aryl methyl sites for hydroxylation is 2. The highest BCUT2D eigenvalue weighted by atomic mass is 32.2. The van der Waals surface area contributed by atoms with Crippen LogP contribution in [-0.2, 0) is 27.7 Å². The van der Waals surface area contributed by atoms with Crippen LogP contribution in [0.5, 0.6) is 0 Å². The molecular weight excluding hydrogens is 424 g/mol. The Hall–Kier alpha value is -2.97. The van der Waals surface area contributed by atoms with E-state index in [9.17, 15) is 13.2 Å². The van der Waals surface area contributed by atoms with Gasteiger partial charge in [0.05, 0.1) is 10.6 Å². The third-order valence-corrected chi connectivity index (χ3v) is 8.29. The van der Waals surface area contributed by atoms with Crippen molar-refractivity contribution in [3.8, 4) is 5.69 Å². The molecule has 1 amide bonds. The summed E-state index contributed by atoms with van der Waals surface area (Å²) in [6, 6.07) is 16.9. The van der Waals surface area contributed by atoms with Gasteiger partial charge in [-0.25, -0.2) is 13.1 Å². The van der Waals surface area contributed by atoms with Crippen LogP contribution in [0.2, 0.25) is 0 Å². The quantitative estimate of drug-likeness (QED) is 0.646. The molecule has 166 valence electrons. The van der Waals surface area contributed by atoms with Crippen LogP contribution in [0.4, 0.5) is 5.82 Å². The molecule has 0 radical (unpaired) electrons. The van der Waals surface area contributed by atoms with E-state index in [1.807, 2.05) is 42.5 Å². The Morgan fingerprint density at radius 3 is 2.50 bits per heavy atom. The topological polar surface area (TPSA) is 84.3 Å². The molecule has 8 heteroatoms. The smallest absolute Gasteiger partial charge is 0.243 e. The summed E-state index contributed by atoms with van der Waals surface area (Å²) in [5, 5.41) is 7.29. The number of anilines is 1. The molecule has 5 rings (SSSR count). The van der Waals surface area contributed by atoms with E-state index < -0.39 is 10.0 Å². The Morgan fingerprint density at radius 1 is 0.969 bits per heavy atom. The zero-order chi connectivity index (χ0) is 22.1. The predicted molar refractivity (Wildman–Crippen MR) is 122 cm³/mol. The van der Waals surface area contributed by atoms with Gasteiger partial charge in [-0.05, 0) is 67.5 Å². The highest BCUT2D eigenvalue weighted by Crippen LogP contribution is 2.29. The minimum absolute atomic E-state index is 0.113. The molecule has 1 aliphatic heterocycles. The van der Waals surface area contributed by atoms with Gasteiger partial charge in [-0.1, -0.05) is 24.3 Å². The molecule has 2 heterocycles. The van der Waals surface area contributed by atoms with Crippen LogP contribution in [0, 0.1) is 5.92 Å². The Kier molecular flexibility index (Phi) is 5.57. The molecule has 3 aromatic rings. The Morgan fingerprint density at radius 2 is 1.72 bits per heavy atom. The van der Waals surface area contributed by atoms with Crippen LogP contribution < -0.4 is 5.32 Å². The van der Waals surface area contributed by atoms with E-state index in [4.69, 9.17) is 0 Å². The second kappa shape index (κ2) is 8.52. The van der Waals surface area contributed by atoms with Crippen LogP contribution in [0.15, 0.2) is 65.7 Å². The van der Waals surface area contributed by atoms with Crippen molar-refractivity contribution < 1.29 is 13.2 Å². The minimum atomic E-state index is -3.53. The number of piperidine rings is 1. The molecule has 0 spiro atoms. The lowest BCUT2D eigenvalue weighted by atomic mass is 9.97. The maximum atomic E-state index is 13.1. The van der Waals surface area contributed by atoms with Crippen LogP contribution in [0.3, 0.4) is 0 Å². The van der Waals surface area contributed by atoms with Gasteiger partial charge in [-0.3, -0.25) is 4.79 Å². The second-order valence-electron chi connectivity index (χ2n) is 8.43. The average molecular weight is 451 g/mol. The van der Waals surface area contributed by atoms with Crippen molar-refractivity contribution in [1.82, 2.24) is 14.1 Å². The molecule has 1 fully saturated rings. The summed E-state index contributed by atoms with van der Waals surface area (Å²) in [5.41, 5.74) is 3.32. The van der Waals surface area contributed by atoms with Gasteiger partial charge in [-0.15, -0.1) is 0 Å². The number of hydrogen-bond acceptors (Lipinski definition) is 4. The first-order valence-corrected chi connectivity index (χ1v) is 12.5. The van der Waals surface area contributed by atoms with Gasteiger partial charge in [0.15, 0.2) is 5.82 Å². The lowest BCUT2D eigenvalue weighted by molar-refractivity contribution is -0.120. The number of rotatable bonds is 5. The molecule has 0 unspecified atom stereocenters. The van der Waals surface area contributed by atoms with Gasteiger partial charge in [0.25, 0.3) is 0 Å². The largest absolute Gasteiger partial charge is 0.309 e. The number of nitrogens with zero attached hydrogens (tertiary/aromatic N) is 3. The fourth-order valence-electron chi connectivity index (χ4n) is 4.56. The van der Waals surface area contributed by atoms with Crippen molar-refractivity contribution >= 4 is 21.7 Å². The van der Waals surface area contributed by atoms with Crippen LogP contribution in [0.1, 0.15) is 30.4 Å². The zero-order valence-corrected chi connectivity index (χ0v) is 18.6. The molecule has 1 aromatic heterocycles. The summed E-state index contributed by atoms with van der Waals surface area (Å²) in [5.74, 6) is 0.147. The van der Waals surface area contributed by atoms with E-state index in [1.165, 1.54) is 9.87 Å². The summed E-state index contributed by atoms with van der Waals surface area (Å²) in [6.07, 6.45) is 5.85. The third-order valence-electron chi connectivity index (χ3n) is 6.39. The standard InChI is InChI=1S/C24H26N4O3S/c29-24(25-23-13-16-28(26-23)21-7-2-1-3-8-21)19-11-14-27(15-12-19)32(30,31)22-10-9-18-5-4-6-20(18)17-22/h1-3,7-10,13,16-17,19H,4-6,11-12,14-15H2,(H,25,26,29). The number of sulfonamides is 1. The van der Waals surface area contributed by atoms with Gasteiger partial charge >= 0.3 is 0 Å². The highest BCUT2D eigenvalue weighted by molar-refractivity contribution is 7.89. The molecule has 2 aromatic carbocycles. The summed E-state index contributed by atoms with van der Waals surface area (Å²) in [4.78, 5) is 13.1. The molecule has 1 N–H and O–H groups in total. The number of carbonyl (C=O) groups excluding carboxylic acids is 1. The maximum absolute atomic E-state index is 13.1. The van der Waals surface area contributed by atoms with Gasteiger partial charge in [0.2, 0.25) is 15.9 Å². The second-order valence-corrected chi connectivity index (χ2v) is 10.4. The zero-order valence-electron chi connectivity index (χ0n) is 17.8. The average Bonchev–Trinajstić information content (AvgIpc) is 3.49. The molecule has 1 saturated heterocycles. The van der Waals surface area contributed by atoms with E-state index in [0.717, 1.165) is 30.5 Å². The number of hydrogen-bond donors (Lipinski definition) is 1. The molecule has 1 aliphatic carbocycles. The fraction of sp³-hybridized carbons (Fsp3) is 0.333. The molecule has 0 saturated carbocycles. The lowest BCUT2D eigenvalue weighted by Gasteiger charge is -2.30. The number of amides is 1.